The molecule has 3 rings (SSSR count). The first-order valence-corrected chi connectivity index (χ1v) is 13.5. The van der Waals surface area contributed by atoms with Gasteiger partial charge in [-0.3, -0.25) is 9.59 Å². The van der Waals surface area contributed by atoms with Gasteiger partial charge in [-0.2, -0.15) is 12.7 Å². The van der Waals surface area contributed by atoms with Gasteiger partial charge in [-0.1, -0.05) is 42.7 Å². The van der Waals surface area contributed by atoms with Crippen LogP contribution in [0.3, 0.4) is 0 Å². The Morgan fingerprint density at radius 3 is 2.17 bits per heavy atom. The molecule has 8 nitrogen and oxygen atoms in total. The van der Waals surface area contributed by atoms with Crippen LogP contribution in [0.4, 0.5) is 10.1 Å². The summed E-state index contributed by atoms with van der Waals surface area (Å²) in [5.41, 5.74) is 2.03. The van der Waals surface area contributed by atoms with E-state index in [-0.39, 0.29) is 24.2 Å². The van der Waals surface area contributed by atoms with Crippen molar-refractivity contribution >= 4 is 27.7 Å². The minimum Gasteiger partial charge on any atom is -0.352 e. The monoisotopic (exact) mass is 518 g/mol. The smallest absolute Gasteiger partial charge is 0.304 e. The average Bonchev–Trinajstić information content (AvgIpc) is 3.35. The first kappa shape index (κ1) is 27.6. The molecule has 2 aromatic rings. The highest BCUT2D eigenvalue weighted by Crippen LogP contribution is 2.22. The van der Waals surface area contributed by atoms with Crippen LogP contribution in [0.1, 0.15) is 43.7 Å². The van der Waals surface area contributed by atoms with Gasteiger partial charge in [0.25, 0.3) is 0 Å². The van der Waals surface area contributed by atoms with Gasteiger partial charge in [-0.25, -0.2) is 8.70 Å². The zero-order chi connectivity index (χ0) is 26.5. The quantitative estimate of drug-likeness (QED) is 0.523. The molecule has 1 saturated carbocycles. The number of nitrogens with zero attached hydrogens (tertiary/aromatic N) is 3. The summed E-state index contributed by atoms with van der Waals surface area (Å²) in [5, 5.41) is 3.03. The van der Waals surface area contributed by atoms with E-state index in [1.165, 1.54) is 31.1 Å². The number of aryl methyl sites for hydroxylation is 1. The summed E-state index contributed by atoms with van der Waals surface area (Å²) in [6.45, 7) is 3.20. The SMILES string of the molecule is Cc1ccc(CN(C(=O)CN(c2ccc(F)cc2)S(=O)(=O)N(C)C)C(C)C(=O)NC2CCCC2)cc1. The number of nitrogens with one attached hydrogen (secondary N) is 1. The van der Waals surface area contributed by atoms with E-state index in [4.69, 9.17) is 0 Å². The number of rotatable bonds is 10. The van der Waals surface area contributed by atoms with Crippen LogP contribution in [0.5, 0.6) is 0 Å². The molecule has 0 bridgehead atoms. The molecule has 0 heterocycles. The molecule has 0 aliphatic heterocycles. The van der Waals surface area contributed by atoms with E-state index in [0.29, 0.717) is 0 Å². The first-order chi connectivity index (χ1) is 17.0. The topological polar surface area (TPSA) is 90.0 Å². The number of carbonyl (C=O) groups is 2. The fourth-order valence-corrected chi connectivity index (χ4v) is 5.24. The minimum absolute atomic E-state index is 0.0844. The molecule has 1 atom stereocenters. The Hall–Kier alpha value is -2.98. The van der Waals surface area contributed by atoms with Crippen LogP contribution in [0, 0.1) is 12.7 Å². The highest BCUT2D eigenvalue weighted by molar-refractivity contribution is 7.90. The lowest BCUT2D eigenvalue weighted by Gasteiger charge is -2.33. The van der Waals surface area contributed by atoms with Crippen LogP contribution in [-0.2, 0) is 26.3 Å². The second kappa shape index (κ2) is 11.8. The molecular formula is C26H35FN4O4S. The summed E-state index contributed by atoms with van der Waals surface area (Å²) in [4.78, 5) is 28.2. The molecular weight excluding hydrogens is 483 g/mol. The molecule has 1 aliphatic carbocycles. The van der Waals surface area contributed by atoms with Crippen LogP contribution in [0.25, 0.3) is 0 Å². The van der Waals surface area contributed by atoms with E-state index in [1.54, 1.807) is 6.92 Å². The standard InChI is InChI=1S/C26H35FN4O4S/c1-19-9-11-21(12-10-19)17-30(20(2)26(33)28-23-7-5-6-8-23)25(32)18-31(36(34,35)29(3)4)24-15-13-22(27)14-16-24/h9-16,20,23H,5-8,17-18H2,1-4H3,(H,28,33). The van der Waals surface area contributed by atoms with Gasteiger partial charge < -0.3 is 10.2 Å². The Bertz CT molecular complexity index is 1150. The number of hydrogen-bond donors (Lipinski definition) is 1. The van der Waals surface area contributed by atoms with Gasteiger partial charge >= 0.3 is 10.2 Å². The maximum Gasteiger partial charge on any atom is 0.304 e. The second-order valence-electron chi connectivity index (χ2n) is 9.45. The van der Waals surface area contributed by atoms with E-state index >= 15 is 0 Å². The molecule has 2 amide bonds. The highest BCUT2D eigenvalue weighted by Gasteiger charge is 2.33. The lowest BCUT2D eigenvalue weighted by molar-refractivity contribution is -0.139. The molecule has 0 aromatic heterocycles. The first-order valence-electron chi connectivity index (χ1n) is 12.1. The van der Waals surface area contributed by atoms with Crippen molar-refractivity contribution < 1.29 is 22.4 Å². The summed E-state index contributed by atoms with van der Waals surface area (Å²) in [5.74, 6) is -1.34. The molecule has 2 aromatic carbocycles. The lowest BCUT2D eigenvalue weighted by Crippen LogP contribution is -2.53. The fraction of sp³-hybridized carbons (Fsp3) is 0.462. The number of benzene rings is 2. The number of halogens is 1. The van der Waals surface area contributed by atoms with Crippen molar-refractivity contribution in [2.75, 3.05) is 24.9 Å². The Morgan fingerprint density at radius 1 is 1.03 bits per heavy atom. The minimum atomic E-state index is -4.08. The molecule has 0 spiro atoms. The van der Waals surface area contributed by atoms with Crippen LogP contribution >= 0.6 is 0 Å². The lowest BCUT2D eigenvalue weighted by atomic mass is 10.1. The van der Waals surface area contributed by atoms with Gasteiger partial charge in [0.15, 0.2) is 0 Å². The third-order valence-electron chi connectivity index (χ3n) is 6.48. The Labute approximate surface area is 213 Å². The predicted molar refractivity (Wildman–Crippen MR) is 138 cm³/mol. The van der Waals surface area contributed by atoms with Gasteiger partial charge in [0, 0.05) is 26.7 Å². The van der Waals surface area contributed by atoms with Crippen molar-refractivity contribution in [1.82, 2.24) is 14.5 Å². The van der Waals surface area contributed by atoms with Crippen LogP contribution in [0.2, 0.25) is 0 Å². The Morgan fingerprint density at radius 2 is 1.61 bits per heavy atom. The molecule has 1 aliphatic rings. The third kappa shape index (κ3) is 6.82. The third-order valence-corrected chi connectivity index (χ3v) is 8.30. The zero-order valence-electron chi connectivity index (χ0n) is 21.3. The molecule has 36 heavy (non-hydrogen) atoms. The summed E-state index contributed by atoms with van der Waals surface area (Å²) < 4.78 is 41.7. The number of amides is 2. The average molecular weight is 519 g/mol. The summed E-state index contributed by atoms with van der Waals surface area (Å²) in [6, 6.07) is 11.8. The van der Waals surface area contributed by atoms with Gasteiger partial charge in [-0.05, 0) is 56.5 Å². The van der Waals surface area contributed by atoms with Crippen molar-refractivity contribution in [3.8, 4) is 0 Å². The van der Waals surface area contributed by atoms with Crippen molar-refractivity contribution in [2.24, 2.45) is 0 Å². The zero-order valence-corrected chi connectivity index (χ0v) is 22.1. The molecule has 0 radical (unpaired) electrons. The molecule has 0 saturated heterocycles. The Kier molecular flexibility index (Phi) is 9.08. The predicted octanol–water partition coefficient (Wildman–Crippen LogP) is 3.22. The molecule has 1 unspecified atom stereocenters. The summed E-state index contributed by atoms with van der Waals surface area (Å²) >= 11 is 0. The van der Waals surface area contributed by atoms with Crippen LogP contribution in [-0.4, -0.2) is 62.2 Å². The fourth-order valence-electron chi connectivity index (χ4n) is 4.19. The van der Waals surface area contributed by atoms with Crippen LogP contribution in [0.15, 0.2) is 48.5 Å². The molecule has 1 fully saturated rings. The maximum atomic E-state index is 13.7. The van der Waals surface area contributed by atoms with Crippen molar-refractivity contribution in [1.29, 1.82) is 0 Å². The van der Waals surface area contributed by atoms with E-state index < -0.39 is 34.5 Å². The van der Waals surface area contributed by atoms with Crippen molar-refractivity contribution in [3.63, 3.8) is 0 Å². The normalized spacial score (nSPS) is 15.1. The molecule has 10 heteroatoms. The van der Waals surface area contributed by atoms with Crippen molar-refractivity contribution in [2.45, 2.75) is 58.2 Å². The van der Waals surface area contributed by atoms with Gasteiger partial charge in [0.05, 0.1) is 5.69 Å². The maximum absolute atomic E-state index is 13.7. The van der Waals surface area contributed by atoms with Crippen molar-refractivity contribution in [3.05, 3.63) is 65.5 Å². The summed E-state index contributed by atoms with van der Waals surface area (Å²) in [6.07, 6.45) is 3.92. The van der Waals surface area contributed by atoms with E-state index in [1.807, 2.05) is 31.2 Å². The largest absolute Gasteiger partial charge is 0.352 e. The second-order valence-corrected chi connectivity index (χ2v) is 11.5. The number of carbonyl (C=O) groups excluding carboxylic acids is 2. The molecule has 196 valence electrons. The van der Waals surface area contributed by atoms with E-state index in [0.717, 1.165) is 57.6 Å². The van der Waals surface area contributed by atoms with Gasteiger partial charge in [0.2, 0.25) is 11.8 Å². The van der Waals surface area contributed by atoms with E-state index in [2.05, 4.69) is 5.32 Å². The van der Waals surface area contributed by atoms with Gasteiger partial charge in [-0.15, -0.1) is 0 Å². The van der Waals surface area contributed by atoms with E-state index in [9.17, 15) is 22.4 Å². The van der Waals surface area contributed by atoms with Crippen LogP contribution < -0.4 is 9.62 Å². The highest BCUT2D eigenvalue weighted by atomic mass is 32.2. The van der Waals surface area contributed by atoms with Gasteiger partial charge in [0.1, 0.15) is 18.4 Å². The summed E-state index contributed by atoms with van der Waals surface area (Å²) in [7, 11) is -1.36. The number of anilines is 1. The Balaban J connectivity index is 1.91. The molecule has 1 N–H and O–H groups in total. The number of hydrogen-bond acceptors (Lipinski definition) is 4.